The van der Waals surface area contributed by atoms with Crippen molar-refractivity contribution in [3.8, 4) is 11.8 Å². The van der Waals surface area contributed by atoms with Crippen molar-refractivity contribution in [3.63, 3.8) is 0 Å². The minimum absolute atomic E-state index is 0.767. The molecule has 0 aromatic rings. The largest absolute Gasteiger partial charge is 0.380 e. The van der Waals surface area contributed by atoms with Crippen LogP contribution in [0.25, 0.3) is 0 Å². The van der Waals surface area contributed by atoms with Crippen LogP contribution in [0.3, 0.4) is 0 Å². The summed E-state index contributed by atoms with van der Waals surface area (Å²) in [5.41, 5.74) is 0. The van der Waals surface area contributed by atoms with E-state index in [-0.39, 0.29) is 0 Å². The summed E-state index contributed by atoms with van der Waals surface area (Å²) >= 11 is 0. The van der Waals surface area contributed by atoms with Crippen LogP contribution in [0, 0.1) is 11.8 Å². The summed E-state index contributed by atoms with van der Waals surface area (Å²) in [4.78, 5) is 0. The molecule has 1 N–H and O–H groups in total. The zero-order valence-corrected chi connectivity index (χ0v) is 6.74. The highest BCUT2D eigenvalue weighted by atomic mass is 16.5. The maximum absolute atomic E-state index is 5.10. The molecule has 0 aromatic carbocycles. The molecule has 0 aliphatic heterocycles. The van der Waals surface area contributed by atoms with Crippen molar-refractivity contribution in [2.24, 2.45) is 0 Å². The van der Waals surface area contributed by atoms with E-state index in [0.717, 1.165) is 26.3 Å². The third kappa shape index (κ3) is 7.48. The zero-order chi connectivity index (χ0) is 7.66. The van der Waals surface area contributed by atoms with Gasteiger partial charge >= 0.3 is 0 Å². The second-order valence-electron chi connectivity index (χ2n) is 1.80. The molecule has 2 heteroatoms. The molecule has 58 valence electrons. The molecule has 2 nitrogen and oxygen atoms in total. The third-order valence-corrected chi connectivity index (χ3v) is 1.02. The van der Waals surface area contributed by atoms with Crippen molar-refractivity contribution in [1.29, 1.82) is 0 Å². The maximum atomic E-state index is 5.10. The first-order valence-corrected chi connectivity index (χ1v) is 3.60. The smallest absolute Gasteiger partial charge is 0.0591 e. The Labute approximate surface area is 63.0 Å². The Hall–Kier alpha value is -0.520. The number of nitrogens with one attached hydrogen (secondary N) is 1. The number of hydrogen-bond acceptors (Lipinski definition) is 2. The predicted molar refractivity (Wildman–Crippen MR) is 42.8 cm³/mol. The Morgan fingerprint density at radius 1 is 1.50 bits per heavy atom. The van der Waals surface area contributed by atoms with Crippen LogP contribution in [0.5, 0.6) is 0 Å². The fourth-order valence-electron chi connectivity index (χ4n) is 0.528. The van der Waals surface area contributed by atoms with Gasteiger partial charge in [0.1, 0.15) is 0 Å². The average Bonchev–Trinajstić information content (AvgIpc) is 1.97. The van der Waals surface area contributed by atoms with Gasteiger partial charge in [-0.3, -0.25) is 0 Å². The highest BCUT2D eigenvalue weighted by molar-refractivity contribution is 4.96. The van der Waals surface area contributed by atoms with Crippen molar-refractivity contribution < 1.29 is 4.74 Å². The van der Waals surface area contributed by atoms with Gasteiger partial charge in [0, 0.05) is 13.2 Å². The van der Waals surface area contributed by atoms with Gasteiger partial charge in [-0.1, -0.05) is 5.92 Å². The molecule has 0 heterocycles. The molecule has 0 rings (SSSR count). The van der Waals surface area contributed by atoms with Crippen LogP contribution in [-0.2, 0) is 4.74 Å². The van der Waals surface area contributed by atoms with E-state index in [1.165, 1.54) is 0 Å². The molecule has 0 bridgehead atoms. The SMILES string of the molecule is CC#CCNCCOCC. The predicted octanol–water partition coefficient (Wildman–Crippen LogP) is 0.636. The first-order valence-electron chi connectivity index (χ1n) is 3.60. The van der Waals surface area contributed by atoms with Gasteiger partial charge < -0.3 is 10.1 Å². The molecule has 0 fully saturated rings. The van der Waals surface area contributed by atoms with E-state index in [9.17, 15) is 0 Å². The molecule has 0 amide bonds. The minimum Gasteiger partial charge on any atom is -0.380 e. The standard InChI is InChI=1S/C8H15NO/c1-3-5-6-9-7-8-10-4-2/h9H,4,6-8H2,1-2H3. The van der Waals surface area contributed by atoms with Gasteiger partial charge in [0.25, 0.3) is 0 Å². The Kier molecular flexibility index (Phi) is 8.04. The molecule has 0 atom stereocenters. The van der Waals surface area contributed by atoms with E-state index in [1.807, 2.05) is 13.8 Å². The lowest BCUT2D eigenvalue weighted by Gasteiger charge is -1.99. The lowest BCUT2D eigenvalue weighted by atomic mass is 10.5. The molecule has 0 aliphatic carbocycles. The van der Waals surface area contributed by atoms with Crippen LogP contribution in [-0.4, -0.2) is 26.3 Å². The molecule has 0 radical (unpaired) electrons. The first-order chi connectivity index (χ1) is 4.91. The monoisotopic (exact) mass is 141 g/mol. The molecule has 0 aromatic heterocycles. The van der Waals surface area contributed by atoms with E-state index >= 15 is 0 Å². The van der Waals surface area contributed by atoms with E-state index in [2.05, 4.69) is 17.2 Å². The maximum Gasteiger partial charge on any atom is 0.0591 e. The normalized spacial score (nSPS) is 8.60. The van der Waals surface area contributed by atoms with Crippen molar-refractivity contribution in [3.05, 3.63) is 0 Å². The summed E-state index contributed by atoms with van der Waals surface area (Å²) in [5, 5.41) is 3.12. The number of rotatable bonds is 5. The van der Waals surface area contributed by atoms with Gasteiger partial charge in [-0.15, -0.1) is 5.92 Å². The van der Waals surface area contributed by atoms with Crippen LogP contribution < -0.4 is 5.32 Å². The summed E-state index contributed by atoms with van der Waals surface area (Å²) in [6, 6.07) is 0. The highest BCUT2D eigenvalue weighted by Crippen LogP contribution is 1.69. The third-order valence-electron chi connectivity index (χ3n) is 1.02. The van der Waals surface area contributed by atoms with Crippen LogP contribution in [0.1, 0.15) is 13.8 Å². The van der Waals surface area contributed by atoms with Gasteiger partial charge in [-0.2, -0.15) is 0 Å². The van der Waals surface area contributed by atoms with Crippen LogP contribution in [0.2, 0.25) is 0 Å². The fourth-order valence-corrected chi connectivity index (χ4v) is 0.528. The summed E-state index contributed by atoms with van der Waals surface area (Å²) in [6.07, 6.45) is 0. The topological polar surface area (TPSA) is 21.3 Å². The van der Waals surface area contributed by atoms with Crippen molar-refractivity contribution in [2.45, 2.75) is 13.8 Å². The highest BCUT2D eigenvalue weighted by Gasteiger charge is 1.81. The Balaban J connectivity index is 2.82. The average molecular weight is 141 g/mol. The fraction of sp³-hybridized carbons (Fsp3) is 0.750. The van der Waals surface area contributed by atoms with Crippen molar-refractivity contribution in [1.82, 2.24) is 5.32 Å². The molecule has 0 saturated heterocycles. The summed E-state index contributed by atoms with van der Waals surface area (Å²) in [7, 11) is 0. The van der Waals surface area contributed by atoms with Crippen LogP contribution in [0.4, 0.5) is 0 Å². The van der Waals surface area contributed by atoms with Crippen molar-refractivity contribution in [2.75, 3.05) is 26.3 Å². The molecular formula is C8H15NO. The second kappa shape index (κ2) is 8.48. The summed E-state index contributed by atoms with van der Waals surface area (Å²) in [6.45, 7) is 7.06. The van der Waals surface area contributed by atoms with Gasteiger partial charge in [-0.05, 0) is 13.8 Å². The summed E-state index contributed by atoms with van der Waals surface area (Å²) < 4.78 is 5.10. The Morgan fingerprint density at radius 2 is 2.30 bits per heavy atom. The van der Waals surface area contributed by atoms with Crippen LogP contribution >= 0.6 is 0 Å². The van der Waals surface area contributed by atoms with Gasteiger partial charge in [0.2, 0.25) is 0 Å². The number of hydrogen-bond donors (Lipinski definition) is 1. The van der Waals surface area contributed by atoms with Gasteiger partial charge in [-0.25, -0.2) is 0 Å². The molecular weight excluding hydrogens is 126 g/mol. The Bertz CT molecular complexity index is 112. The zero-order valence-electron chi connectivity index (χ0n) is 6.74. The minimum atomic E-state index is 0.767. The Morgan fingerprint density at radius 3 is 2.90 bits per heavy atom. The van der Waals surface area contributed by atoms with Gasteiger partial charge in [0.15, 0.2) is 0 Å². The second-order valence-corrected chi connectivity index (χ2v) is 1.80. The van der Waals surface area contributed by atoms with E-state index < -0.39 is 0 Å². The van der Waals surface area contributed by atoms with E-state index in [0.29, 0.717) is 0 Å². The molecule has 0 saturated carbocycles. The first kappa shape index (κ1) is 9.48. The van der Waals surface area contributed by atoms with Crippen LogP contribution in [0.15, 0.2) is 0 Å². The number of ether oxygens (including phenoxy) is 1. The van der Waals surface area contributed by atoms with E-state index in [4.69, 9.17) is 4.74 Å². The lowest BCUT2D eigenvalue weighted by molar-refractivity contribution is 0.150. The van der Waals surface area contributed by atoms with Gasteiger partial charge in [0.05, 0.1) is 13.2 Å². The van der Waals surface area contributed by atoms with E-state index in [1.54, 1.807) is 0 Å². The molecule has 0 aliphatic rings. The summed E-state index contributed by atoms with van der Waals surface area (Å²) in [5.74, 6) is 5.71. The molecule has 0 spiro atoms. The van der Waals surface area contributed by atoms with Crippen molar-refractivity contribution >= 4 is 0 Å². The lowest BCUT2D eigenvalue weighted by Crippen LogP contribution is -2.19. The molecule has 0 unspecified atom stereocenters. The quantitative estimate of drug-likeness (QED) is 0.448. The molecule has 10 heavy (non-hydrogen) atoms.